The van der Waals surface area contributed by atoms with Crippen LogP contribution in [-0.4, -0.2) is 6.61 Å². The van der Waals surface area contributed by atoms with E-state index in [4.69, 9.17) is 10.5 Å². The molecule has 0 aromatic heterocycles. The molecule has 2 nitrogen and oxygen atoms in total. The van der Waals surface area contributed by atoms with Crippen molar-refractivity contribution in [3.63, 3.8) is 0 Å². The molecular formula is C18H27NO. The number of ether oxygens (including phenoxy) is 1. The van der Waals surface area contributed by atoms with Crippen molar-refractivity contribution in [1.82, 2.24) is 0 Å². The van der Waals surface area contributed by atoms with E-state index in [1.54, 1.807) is 0 Å². The first-order valence-corrected chi connectivity index (χ1v) is 8.23. The Kier molecular flexibility index (Phi) is 4.02. The van der Waals surface area contributed by atoms with Gasteiger partial charge in [0.1, 0.15) is 5.75 Å². The van der Waals surface area contributed by atoms with Crippen LogP contribution in [0.15, 0.2) is 24.3 Å². The van der Waals surface area contributed by atoms with Crippen molar-refractivity contribution < 1.29 is 4.74 Å². The summed E-state index contributed by atoms with van der Waals surface area (Å²) in [6.45, 7) is 2.92. The normalized spacial score (nSPS) is 30.2. The Morgan fingerprint density at radius 1 is 1.15 bits per heavy atom. The van der Waals surface area contributed by atoms with Crippen molar-refractivity contribution in [2.75, 3.05) is 6.61 Å². The van der Waals surface area contributed by atoms with Crippen molar-refractivity contribution in [1.29, 1.82) is 0 Å². The Bertz CT molecular complexity index is 437. The topological polar surface area (TPSA) is 35.2 Å². The molecule has 0 amide bonds. The maximum atomic E-state index is 6.75. The fourth-order valence-corrected chi connectivity index (χ4v) is 3.69. The Morgan fingerprint density at radius 2 is 1.90 bits per heavy atom. The van der Waals surface area contributed by atoms with Crippen LogP contribution in [0, 0.1) is 11.8 Å². The van der Waals surface area contributed by atoms with E-state index in [2.05, 4.69) is 31.2 Å². The van der Waals surface area contributed by atoms with Crippen LogP contribution in [0.3, 0.4) is 0 Å². The lowest BCUT2D eigenvalue weighted by Gasteiger charge is -2.38. The second kappa shape index (κ2) is 5.77. The minimum atomic E-state index is -0.102. The van der Waals surface area contributed by atoms with Gasteiger partial charge in [-0.1, -0.05) is 31.9 Å². The van der Waals surface area contributed by atoms with Gasteiger partial charge in [0, 0.05) is 5.54 Å². The maximum absolute atomic E-state index is 6.75. The molecule has 0 saturated heterocycles. The molecule has 2 aliphatic carbocycles. The first-order valence-electron chi connectivity index (χ1n) is 8.23. The van der Waals surface area contributed by atoms with Gasteiger partial charge in [-0.25, -0.2) is 0 Å². The fraction of sp³-hybridized carbons (Fsp3) is 0.667. The molecule has 1 aromatic carbocycles. The molecule has 2 atom stereocenters. The maximum Gasteiger partial charge on any atom is 0.119 e. The quantitative estimate of drug-likeness (QED) is 0.871. The summed E-state index contributed by atoms with van der Waals surface area (Å²) in [6.07, 6.45) is 8.89. The van der Waals surface area contributed by atoms with Crippen molar-refractivity contribution >= 4 is 0 Å². The van der Waals surface area contributed by atoms with E-state index in [0.29, 0.717) is 0 Å². The van der Waals surface area contributed by atoms with E-state index in [9.17, 15) is 0 Å². The monoisotopic (exact) mass is 273 g/mol. The van der Waals surface area contributed by atoms with Crippen molar-refractivity contribution in [2.45, 2.75) is 57.4 Å². The van der Waals surface area contributed by atoms with Gasteiger partial charge < -0.3 is 10.5 Å². The Hall–Kier alpha value is -1.02. The van der Waals surface area contributed by atoms with Gasteiger partial charge in [0.05, 0.1) is 6.61 Å². The molecule has 110 valence electrons. The lowest BCUT2D eigenvalue weighted by Crippen LogP contribution is -2.41. The zero-order chi connectivity index (χ0) is 14.0. The van der Waals surface area contributed by atoms with E-state index in [-0.39, 0.29) is 5.54 Å². The van der Waals surface area contributed by atoms with E-state index < -0.39 is 0 Å². The predicted octanol–water partition coefficient (Wildman–Crippen LogP) is 4.23. The number of hydrogen-bond acceptors (Lipinski definition) is 2. The second-order valence-electron chi connectivity index (χ2n) is 6.72. The highest BCUT2D eigenvalue weighted by molar-refractivity contribution is 5.32. The van der Waals surface area contributed by atoms with Crippen LogP contribution in [-0.2, 0) is 5.54 Å². The minimum Gasteiger partial charge on any atom is -0.494 e. The van der Waals surface area contributed by atoms with Crippen molar-refractivity contribution in [3.8, 4) is 5.75 Å². The molecule has 0 heterocycles. The standard InChI is InChI=1S/C18H27NO/c1-2-12-20-17-9-7-16(8-10-17)18(19)11-3-4-15(13-18)14-5-6-14/h7-10,14-15H,2-6,11-13,19H2,1H3. The third kappa shape index (κ3) is 3.01. The summed E-state index contributed by atoms with van der Waals surface area (Å²) >= 11 is 0. The van der Waals surface area contributed by atoms with Crippen LogP contribution in [0.4, 0.5) is 0 Å². The lowest BCUT2D eigenvalue weighted by molar-refractivity contribution is 0.206. The van der Waals surface area contributed by atoms with Gasteiger partial charge >= 0.3 is 0 Å². The third-order valence-electron chi connectivity index (χ3n) is 5.02. The van der Waals surface area contributed by atoms with E-state index in [1.165, 1.54) is 37.7 Å². The zero-order valence-corrected chi connectivity index (χ0v) is 12.6. The molecule has 2 unspecified atom stereocenters. The van der Waals surface area contributed by atoms with Crippen LogP contribution in [0.25, 0.3) is 0 Å². The molecule has 2 fully saturated rings. The summed E-state index contributed by atoms with van der Waals surface area (Å²) in [7, 11) is 0. The van der Waals surface area contributed by atoms with Gasteiger partial charge in [-0.05, 0) is 61.6 Å². The molecule has 0 bridgehead atoms. The molecule has 2 aliphatic rings. The molecule has 0 spiro atoms. The molecule has 1 aromatic rings. The van der Waals surface area contributed by atoms with Gasteiger partial charge in [-0.3, -0.25) is 0 Å². The molecule has 2 N–H and O–H groups in total. The number of rotatable bonds is 5. The molecule has 2 heteroatoms. The van der Waals surface area contributed by atoms with Crippen LogP contribution >= 0.6 is 0 Å². The first-order chi connectivity index (χ1) is 9.71. The largest absolute Gasteiger partial charge is 0.494 e. The van der Waals surface area contributed by atoms with Gasteiger partial charge in [-0.2, -0.15) is 0 Å². The first kappa shape index (κ1) is 13.9. The van der Waals surface area contributed by atoms with Crippen LogP contribution in [0.1, 0.15) is 57.4 Å². The molecule has 0 aliphatic heterocycles. The Labute approximate surface area is 122 Å². The van der Waals surface area contributed by atoms with Crippen LogP contribution < -0.4 is 10.5 Å². The van der Waals surface area contributed by atoms with Gasteiger partial charge in [0.2, 0.25) is 0 Å². The highest BCUT2D eigenvalue weighted by Crippen LogP contribution is 2.48. The SMILES string of the molecule is CCCOc1ccc(C2(N)CCCC(C3CC3)C2)cc1. The van der Waals surface area contributed by atoms with E-state index in [1.807, 2.05) is 0 Å². The molecule has 0 radical (unpaired) electrons. The summed E-state index contributed by atoms with van der Waals surface area (Å²) in [4.78, 5) is 0. The van der Waals surface area contributed by atoms with Crippen LogP contribution in [0.5, 0.6) is 5.75 Å². The lowest BCUT2D eigenvalue weighted by atomic mass is 9.71. The summed E-state index contributed by atoms with van der Waals surface area (Å²) < 4.78 is 5.66. The number of hydrogen-bond donors (Lipinski definition) is 1. The number of benzene rings is 1. The van der Waals surface area contributed by atoms with E-state index in [0.717, 1.165) is 37.0 Å². The summed E-state index contributed by atoms with van der Waals surface area (Å²) in [5, 5.41) is 0. The average Bonchev–Trinajstić information content (AvgIpc) is 3.30. The molecule has 3 rings (SSSR count). The molecular weight excluding hydrogens is 246 g/mol. The second-order valence-corrected chi connectivity index (χ2v) is 6.72. The van der Waals surface area contributed by atoms with Gasteiger partial charge in [0.15, 0.2) is 0 Å². The van der Waals surface area contributed by atoms with E-state index >= 15 is 0 Å². The van der Waals surface area contributed by atoms with Gasteiger partial charge in [0.25, 0.3) is 0 Å². The zero-order valence-electron chi connectivity index (χ0n) is 12.6. The van der Waals surface area contributed by atoms with Crippen molar-refractivity contribution in [3.05, 3.63) is 29.8 Å². The number of nitrogens with two attached hydrogens (primary N) is 1. The summed E-state index contributed by atoms with van der Waals surface area (Å²) in [6, 6.07) is 8.53. The average molecular weight is 273 g/mol. The smallest absolute Gasteiger partial charge is 0.119 e. The van der Waals surface area contributed by atoms with Gasteiger partial charge in [-0.15, -0.1) is 0 Å². The Balaban J connectivity index is 1.69. The minimum absolute atomic E-state index is 0.102. The summed E-state index contributed by atoms with van der Waals surface area (Å²) in [5.74, 6) is 2.81. The Morgan fingerprint density at radius 3 is 2.55 bits per heavy atom. The molecule has 2 saturated carbocycles. The fourth-order valence-electron chi connectivity index (χ4n) is 3.69. The highest BCUT2D eigenvalue weighted by Gasteiger charge is 2.40. The van der Waals surface area contributed by atoms with Crippen LogP contribution in [0.2, 0.25) is 0 Å². The highest BCUT2D eigenvalue weighted by atomic mass is 16.5. The van der Waals surface area contributed by atoms with Crippen molar-refractivity contribution in [2.24, 2.45) is 17.6 Å². The molecule has 20 heavy (non-hydrogen) atoms. The predicted molar refractivity (Wildman–Crippen MR) is 82.8 cm³/mol. The third-order valence-corrected chi connectivity index (χ3v) is 5.02. The summed E-state index contributed by atoms with van der Waals surface area (Å²) in [5.41, 5.74) is 7.94.